The van der Waals surface area contributed by atoms with Gasteiger partial charge in [0, 0.05) is 37.9 Å². The quantitative estimate of drug-likeness (QED) is 0.615. The number of sulfonamides is 1. The smallest absolute Gasteiger partial charge is 0.252 e. The molecule has 4 atom stereocenters. The first-order chi connectivity index (χ1) is 16.1. The maximum Gasteiger partial charge on any atom is 0.252 e. The average Bonchev–Trinajstić information content (AvgIpc) is 3.39. The molecule has 8 nitrogen and oxygen atoms in total. The van der Waals surface area contributed by atoms with Crippen molar-refractivity contribution in [2.24, 2.45) is 0 Å². The van der Waals surface area contributed by atoms with Gasteiger partial charge >= 0.3 is 0 Å². The van der Waals surface area contributed by atoms with E-state index in [4.69, 9.17) is 4.74 Å². The van der Waals surface area contributed by atoms with E-state index < -0.39 is 21.7 Å². The summed E-state index contributed by atoms with van der Waals surface area (Å²) in [5.74, 6) is 0. The lowest BCUT2D eigenvalue weighted by molar-refractivity contribution is -0.0345. The highest BCUT2D eigenvalue weighted by Gasteiger charge is 2.46. The summed E-state index contributed by atoms with van der Waals surface area (Å²) in [6.07, 6.45) is 0.274. The fourth-order valence-electron chi connectivity index (χ4n) is 5.43. The summed E-state index contributed by atoms with van der Waals surface area (Å²) >= 11 is 1.25. The highest BCUT2D eigenvalue weighted by Crippen LogP contribution is 2.33. The van der Waals surface area contributed by atoms with Crippen molar-refractivity contribution in [3.63, 3.8) is 0 Å². The molecular formula is C24H33N3O5S2. The summed E-state index contributed by atoms with van der Waals surface area (Å²) in [5.41, 5.74) is 0.919. The van der Waals surface area contributed by atoms with Crippen molar-refractivity contribution in [3.05, 3.63) is 47.3 Å². The van der Waals surface area contributed by atoms with Crippen LogP contribution in [0.5, 0.6) is 0 Å². The molecule has 0 saturated carbocycles. The van der Waals surface area contributed by atoms with Gasteiger partial charge in [0.05, 0.1) is 37.0 Å². The monoisotopic (exact) mass is 507 g/mol. The molecule has 3 fully saturated rings. The Morgan fingerprint density at radius 3 is 2.56 bits per heavy atom. The molecule has 0 radical (unpaired) electrons. The van der Waals surface area contributed by atoms with Crippen LogP contribution < -0.4 is 4.90 Å². The van der Waals surface area contributed by atoms with Crippen LogP contribution in [-0.2, 0) is 20.4 Å². The van der Waals surface area contributed by atoms with Crippen molar-refractivity contribution in [2.45, 2.75) is 54.3 Å². The molecule has 10 heteroatoms. The van der Waals surface area contributed by atoms with E-state index in [9.17, 15) is 18.6 Å². The molecule has 3 saturated heterocycles. The van der Waals surface area contributed by atoms with E-state index in [-0.39, 0.29) is 18.1 Å². The normalized spacial score (nSPS) is 29.0. The van der Waals surface area contributed by atoms with Crippen molar-refractivity contribution < 1.29 is 23.4 Å². The third-order valence-corrected chi connectivity index (χ3v) is 10.6. The summed E-state index contributed by atoms with van der Waals surface area (Å²) in [5, 5.41) is 22.7. The number of hydrogen-bond acceptors (Lipinski definition) is 8. The first-order valence-electron chi connectivity index (χ1n) is 11.8. The lowest BCUT2D eigenvalue weighted by Crippen LogP contribution is -2.61. The number of nitrogens with zero attached hydrogens (tertiary/aromatic N) is 3. The molecular weight excluding hydrogens is 474 g/mol. The largest absolute Gasteiger partial charge is 0.391 e. The van der Waals surface area contributed by atoms with E-state index in [2.05, 4.69) is 9.80 Å². The SMILES string of the molecule is CC(C)(O)c1ccc(N2CCN(S(=O)(=O)c3cccs3)C[C@@H]2CN2C3COCC2C(O)C3)cc1. The summed E-state index contributed by atoms with van der Waals surface area (Å²) in [7, 11) is -3.55. The number of hydrogen-bond donors (Lipinski definition) is 2. The minimum Gasteiger partial charge on any atom is -0.391 e. The van der Waals surface area contributed by atoms with Gasteiger partial charge in [0.25, 0.3) is 10.0 Å². The standard InChI is InChI=1S/C24H33N3O5S2/c1-24(2,29)17-5-7-18(8-6-17)26-10-9-25(34(30,31)23-4-3-11-33-23)13-20(26)14-27-19-12-22(28)21(27)16-32-15-19/h3-8,11,19-22,28-29H,9-10,12-16H2,1-2H3/t19?,20-,21?,22?/m1/s1. The zero-order valence-corrected chi connectivity index (χ0v) is 21.2. The van der Waals surface area contributed by atoms with Crippen LogP contribution in [0.25, 0.3) is 0 Å². The van der Waals surface area contributed by atoms with Crippen LogP contribution in [0.1, 0.15) is 25.8 Å². The molecule has 1 aromatic heterocycles. The lowest BCUT2D eigenvalue weighted by Gasteiger charge is -2.46. The number of rotatable bonds is 6. The Morgan fingerprint density at radius 1 is 1.15 bits per heavy atom. The Kier molecular flexibility index (Phi) is 6.52. The number of ether oxygens (including phenoxy) is 1. The minimum absolute atomic E-state index is 0.0533. The Labute approximate surface area is 205 Å². The lowest BCUT2D eigenvalue weighted by atomic mass is 9.98. The molecule has 34 heavy (non-hydrogen) atoms. The molecule has 2 bridgehead atoms. The molecule has 3 aliphatic rings. The number of morpholine rings is 1. The van der Waals surface area contributed by atoms with Gasteiger partial charge in [-0.2, -0.15) is 4.31 Å². The number of aliphatic hydroxyl groups is 2. The van der Waals surface area contributed by atoms with Crippen molar-refractivity contribution in [3.8, 4) is 0 Å². The van der Waals surface area contributed by atoms with Gasteiger partial charge in [0.1, 0.15) is 4.21 Å². The second kappa shape index (κ2) is 9.16. The Morgan fingerprint density at radius 2 is 1.91 bits per heavy atom. The maximum atomic E-state index is 13.3. The Balaban J connectivity index is 1.42. The van der Waals surface area contributed by atoms with Gasteiger partial charge in [-0.25, -0.2) is 8.42 Å². The number of thiophene rings is 1. The third-order valence-electron chi connectivity index (χ3n) is 7.31. The van der Waals surface area contributed by atoms with E-state index in [1.807, 2.05) is 24.3 Å². The minimum atomic E-state index is -3.55. The summed E-state index contributed by atoms with van der Waals surface area (Å²) in [6.45, 7) is 6.62. The molecule has 1 aromatic carbocycles. The number of benzene rings is 1. The Hall–Kier alpha value is -1.53. The van der Waals surface area contributed by atoms with Gasteiger partial charge in [-0.05, 0) is 49.4 Å². The van der Waals surface area contributed by atoms with Gasteiger partial charge in [-0.15, -0.1) is 11.3 Å². The highest BCUT2D eigenvalue weighted by atomic mass is 32.2. The first kappa shape index (κ1) is 24.2. The van der Waals surface area contributed by atoms with Crippen LogP contribution >= 0.6 is 11.3 Å². The van der Waals surface area contributed by atoms with E-state index in [1.165, 1.54) is 11.3 Å². The van der Waals surface area contributed by atoms with E-state index in [1.54, 1.807) is 35.7 Å². The fraction of sp³-hybridized carbons (Fsp3) is 0.583. The molecule has 0 spiro atoms. The molecule has 3 aliphatic heterocycles. The van der Waals surface area contributed by atoms with Crippen LogP contribution in [0.2, 0.25) is 0 Å². The van der Waals surface area contributed by atoms with Crippen molar-refractivity contribution in [2.75, 3.05) is 44.3 Å². The summed E-state index contributed by atoms with van der Waals surface area (Å²) in [6, 6.07) is 11.3. The topological polar surface area (TPSA) is 93.6 Å². The third kappa shape index (κ3) is 4.53. The van der Waals surface area contributed by atoms with Crippen LogP contribution in [0.15, 0.2) is 46.0 Å². The van der Waals surface area contributed by atoms with Crippen LogP contribution in [-0.4, -0.2) is 91.5 Å². The van der Waals surface area contributed by atoms with Crippen molar-refractivity contribution in [1.82, 2.24) is 9.21 Å². The van der Waals surface area contributed by atoms with Gasteiger partial charge in [-0.3, -0.25) is 4.90 Å². The average molecular weight is 508 g/mol. The zero-order chi connectivity index (χ0) is 24.1. The van der Waals surface area contributed by atoms with Crippen molar-refractivity contribution >= 4 is 27.0 Å². The molecule has 5 rings (SSSR count). The van der Waals surface area contributed by atoms with Gasteiger partial charge in [-0.1, -0.05) is 18.2 Å². The first-order valence-corrected chi connectivity index (χ1v) is 14.1. The maximum absolute atomic E-state index is 13.3. The van der Waals surface area contributed by atoms with Gasteiger partial charge in [0.15, 0.2) is 0 Å². The van der Waals surface area contributed by atoms with Gasteiger partial charge < -0.3 is 19.8 Å². The molecule has 186 valence electrons. The highest BCUT2D eigenvalue weighted by molar-refractivity contribution is 7.91. The number of fused-ring (bicyclic) bond motifs is 2. The van der Waals surface area contributed by atoms with E-state index in [0.29, 0.717) is 50.0 Å². The van der Waals surface area contributed by atoms with E-state index in [0.717, 1.165) is 11.3 Å². The molecule has 4 heterocycles. The summed E-state index contributed by atoms with van der Waals surface area (Å²) < 4.78 is 34.2. The molecule has 0 aliphatic carbocycles. The molecule has 0 amide bonds. The van der Waals surface area contributed by atoms with Gasteiger partial charge in [0.2, 0.25) is 0 Å². The number of aliphatic hydroxyl groups excluding tert-OH is 1. The zero-order valence-electron chi connectivity index (χ0n) is 19.6. The predicted octanol–water partition coefficient (Wildman–Crippen LogP) is 1.69. The van der Waals surface area contributed by atoms with Crippen molar-refractivity contribution in [1.29, 1.82) is 0 Å². The van der Waals surface area contributed by atoms with Crippen LogP contribution in [0.4, 0.5) is 5.69 Å². The Bertz CT molecular complexity index is 1080. The van der Waals surface area contributed by atoms with Crippen LogP contribution in [0.3, 0.4) is 0 Å². The molecule has 2 N–H and O–H groups in total. The molecule has 2 aromatic rings. The van der Waals surface area contributed by atoms with Crippen LogP contribution in [0, 0.1) is 0 Å². The predicted molar refractivity (Wildman–Crippen MR) is 132 cm³/mol. The summed E-state index contributed by atoms with van der Waals surface area (Å²) in [4.78, 5) is 4.59. The number of anilines is 1. The van der Waals surface area contributed by atoms with E-state index >= 15 is 0 Å². The molecule has 3 unspecified atom stereocenters. The number of piperazine rings is 1. The second-order valence-electron chi connectivity index (χ2n) is 10.0. The fourth-order valence-corrected chi connectivity index (χ4v) is 8.04. The second-order valence-corrected chi connectivity index (χ2v) is 13.1.